The molecule has 2 aromatic carbocycles. The molecule has 5 nitrogen and oxygen atoms in total. The van der Waals surface area contributed by atoms with Gasteiger partial charge in [0.2, 0.25) is 5.91 Å². The molecule has 0 saturated carbocycles. The number of aryl methyl sites for hydroxylation is 1. The molecule has 0 bridgehead atoms. The number of hydrogen-bond donors (Lipinski definition) is 2. The van der Waals surface area contributed by atoms with Gasteiger partial charge in [-0.15, -0.1) is 0 Å². The molecule has 1 amide bonds. The van der Waals surface area contributed by atoms with Gasteiger partial charge in [0, 0.05) is 40.1 Å². The number of benzene rings is 2. The smallest absolute Gasteiger partial charge is 0.244 e. The zero-order valence-corrected chi connectivity index (χ0v) is 15.5. The van der Waals surface area contributed by atoms with Crippen LogP contribution in [0.3, 0.4) is 0 Å². The van der Waals surface area contributed by atoms with E-state index in [9.17, 15) is 4.79 Å². The summed E-state index contributed by atoms with van der Waals surface area (Å²) in [5, 5.41) is 5.50. The van der Waals surface area contributed by atoms with Crippen molar-refractivity contribution < 1.29 is 4.79 Å². The van der Waals surface area contributed by atoms with Crippen LogP contribution in [0.2, 0.25) is 0 Å². The first kappa shape index (κ1) is 17.7. The largest absolute Gasteiger partial charge is 0.358 e. The molecule has 0 aliphatic rings. The third-order valence-corrected chi connectivity index (χ3v) is 4.66. The predicted octanol–water partition coefficient (Wildman–Crippen LogP) is 3.98. The number of nitrogens with one attached hydrogen (secondary N) is 2. The van der Waals surface area contributed by atoms with E-state index in [1.807, 2.05) is 73.7 Å². The third-order valence-electron chi connectivity index (χ3n) is 4.66. The molecule has 2 aromatic heterocycles. The lowest BCUT2D eigenvalue weighted by Gasteiger charge is -2.08. The van der Waals surface area contributed by atoms with Crippen molar-refractivity contribution >= 4 is 22.5 Å². The molecule has 0 fully saturated rings. The van der Waals surface area contributed by atoms with Gasteiger partial charge < -0.3 is 4.98 Å². The third kappa shape index (κ3) is 3.69. The van der Waals surface area contributed by atoms with E-state index < -0.39 is 0 Å². The van der Waals surface area contributed by atoms with Gasteiger partial charge in [-0.25, -0.2) is 5.43 Å². The number of hydrogen-bond acceptors (Lipinski definition) is 3. The Labute approximate surface area is 163 Å². The zero-order chi connectivity index (χ0) is 19.3. The summed E-state index contributed by atoms with van der Waals surface area (Å²) in [6, 6.07) is 21.5. The van der Waals surface area contributed by atoms with Crippen molar-refractivity contribution in [2.24, 2.45) is 5.10 Å². The Morgan fingerprint density at radius 1 is 0.964 bits per heavy atom. The summed E-state index contributed by atoms with van der Waals surface area (Å²) >= 11 is 0. The van der Waals surface area contributed by atoms with Gasteiger partial charge in [-0.1, -0.05) is 48.5 Å². The fraction of sp³-hybridized carbons (Fsp3) is 0.0870. The summed E-state index contributed by atoms with van der Waals surface area (Å²) in [4.78, 5) is 20.0. The normalized spacial score (nSPS) is 11.5. The Morgan fingerprint density at radius 2 is 1.64 bits per heavy atom. The van der Waals surface area contributed by atoms with E-state index in [4.69, 9.17) is 0 Å². The van der Waals surface area contributed by atoms with E-state index in [-0.39, 0.29) is 12.3 Å². The molecule has 0 atom stereocenters. The van der Waals surface area contributed by atoms with Crippen molar-refractivity contribution in [3.8, 4) is 0 Å². The maximum atomic E-state index is 12.6. The fourth-order valence-corrected chi connectivity index (χ4v) is 3.28. The average molecular weight is 368 g/mol. The van der Waals surface area contributed by atoms with Gasteiger partial charge in [0.05, 0.1) is 12.1 Å². The SMILES string of the molecule is Cc1[nH]c2ccccc2c1CC(=O)N/N=C(\c1ccccc1)c1ccncc1. The van der Waals surface area contributed by atoms with Gasteiger partial charge in [0.25, 0.3) is 0 Å². The van der Waals surface area contributed by atoms with Crippen LogP contribution in [0.25, 0.3) is 10.9 Å². The Balaban J connectivity index is 1.60. The highest BCUT2D eigenvalue weighted by molar-refractivity contribution is 6.13. The van der Waals surface area contributed by atoms with Crippen LogP contribution in [0.1, 0.15) is 22.4 Å². The molecule has 0 unspecified atom stereocenters. The minimum Gasteiger partial charge on any atom is -0.358 e. The van der Waals surface area contributed by atoms with Gasteiger partial charge in [-0.3, -0.25) is 9.78 Å². The van der Waals surface area contributed by atoms with Gasteiger partial charge in [0.1, 0.15) is 0 Å². The highest BCUT2D eigenvalue weighted by atomic mass is 16.2. The summed E-state index contributed by atoms with van der Waals surface area (Å²) < 4.78 is 0. The van der Waals surface area contributed by atoms with Crippen LogP contribution in [0.15, 0.2) is 84.2 Å². The van der Waals surface area contributed by atoms with Crippen molar-refractivity contribution in [1.82, 2.24) is 15.4 Å². The number of H-pyrrole nitrogens is 1. The minimum absolute atomic E-state index is 0.157. The van der Waals surface area contributed by atoms with Gasteiger partial charge in [-0.2, -0.15) is 5.10 Å². The van der Waals surface area contributed by atoms with E-state index in [1.165, 1.54) is 0 Å². The first-order valence-corrected chi connectivity index (χ1v) is 9.11. The number of aromatic nitrogens is 2. The number of rotatable bonds is 5. The number of hydrazone groups is 1. The molecular weight excluding hydrogens is 348 g/mol. The number of amides is 1. The van der Waals surface area contributed by atoms with Crippen molar-refractivity contribution in [1.29, 1.82) is 0 Å². The molecule has 28 heavy (non-hydrogen) atoms. The summed E-state index contributed by atoms with van der Waals surface area (Å²) in [7, 11) is 0. The Bertz CT molecular complexity index is 1090. The van der Waals surface area contributed by atoms with Crippen molar-refractivity contribution in [2.45, 2.75) is 13.3 Å². The lowest BCUT2D eigenvalue weighted by molar-refractivity contribution is -0.120. The van der Waals surface area contributed by atoms with Crippen molar-refractivity contribution in [3.63, 3.8) is 0 Å². The highest BCUT2D eigenvalue weighted by Crippen LogP contribution is 2.22. The first-order chi connectivity index (χ1) is 13.7. The quantitative estimate of drug-likeness (QED) is 0.413. The fourth-order valence-electron chi connectivity index (χ4n) is 3.28. The number of carbonyl (C=O) groups is 1. The van der Waals surface area contributed by atoms with Crippen LogP contribution in [0.5, 0.6) is 0 Å². The second-order valence-electron chi connectivity index (χ2n) is 6.55. The molecule has 0 radical (unpaired) electrons. The first-order valence-electron chi connectivity index (χ1n) is 9.11. The molecule has 0 saturated heterocycles. The van der Waals surface area contributed by atoms with E-state index in [0.29, 0.717) is 5.71 Å². The van der Waals surface area contributed by atoms with E-state index in [1.54, 1.807) is 12.4 Å². The molecule has 2 heterocycles. The van der Waals surface area contributed by atoms with Crippen molar-refractivity contribution in [2.75, 3.05) is 0 Å². The molecule has 4 rings (SSSR count). The van der Waals surface area contributed by atoms with Crippen LogP contribution in [-0.2, 0) is 11.2 Å². The number of carbonyl (C=O) groups excluding carboxylic acids is 1. The summed E-state index contributed by atoms with van der Waals surface area (Å²) in [5.41, 5.74) is 8.27. The van der Waals surface area contributed by atoms with E-state index >= 15 is 0 Å². The highest BCUT2D eigenvalue weighted by Gasteiger charge is 2.13. The lowest BCUT2D eigenvalue weighted by atomic mass is 10.0. The number of para-hydroxylation sites is 1. The van der Waals surface area contributed by atoms with E-state index in [0.717, 1.165) is 33.3 Å². The van der Waals surface area contributed by atoms with Crippen LogP contribution in [-0.4, -0.2) is 21.6 Å². The number of aromatic amines is 1. The minimum atomic E-state index is -0.157. The zero-order valence-electron chi connectivity index (χ0n) is 15.5. The summed E-state index contributed by atoms with van der Waals surface area (Å²) in [6.07, 6.45) is 3.69. The molecule has 5 heteroatoms. The summed E-state index contributed by atoms with van der Waals surface area (Å²) in [5.74, 6) is -0.157. The standard InChI is InChI=1S/C23H20N4O/c1-16-20(19-9-5-6-10-21(19)25-16)15-22(28)26-27-23(17-7-3-2-4-8-17)18-11-13-24-14-12-18/h2-14,25H,15H2,1H3,(H,26,28)/b27-23+. The van der Waals surface area contributed by atoms with Crippen LogP contribution in [0, 0.1) is 6.92 Å². The number of pyridine rings is 1. The number of nitrogens with zero attached hydrogens (tertiary/aromatic N) is 2. The molecular formula is C23H20N4O. The molecule has 0 aliphatic heterocycles. The van der Waals surface area contributed by atoms with Crippen molar-refractivity contribution in [3.05, 3.63) is 102 Å². The van der Waals surface area contributed by atoms with E-state index in [2.05, 4.69) is 20.5 Å². The number of fused-ring (bicyclic) bond motifs is 1. The van der Waals surface area contributed by atoms with Crippen LogP contribution >= 0.6 is 0 Å². The summed E-state index contributed by atoms with van der Waals surface area (Å²) in [6.45, 7) is 1.98. The van der Waals surface area contributed by atoms with Crippen LogP contribution < -0.4 is 5.43 Å². The van der Waals surface area contributed by atoms with Crippen LogP contribution in [0.4, 0.5) is 0 Å². The second kappa shape index (κ2) is 7.88. The molecule has 4 aromatic rings. The Hall–Kier alpha value is -3.73. The monoisotopic (exact) mass is 368 g/mol. The maximum absolute atomic E-state index is 12.6. The molecule has 0 spiro atoms. The lowest BCUT2D eigenvalue weighted by Crippen LogP contribution is -2.22. The Kier molecular flexibility index (Phi) is 4.97. The topological polar surface area (TPSA) is 70.1 Å². The second-order valence-corrected chi connectivity index (χ2v) is 6.55. The van der Waals surface area contributed by atoms with Gasteiger partial charge in [-0.05, 0) is 30.7 Å². The molecule has 138 valence electrons. The molecule has 2 N–H and O–H groups in total. The van der Waals surface area contributed by atoms with Gasteiger partial charge >= 0.3 is 0 Å². The molecule has 0 aliphatic carbocycles. The predicted molar refractivity (Wildman–Crippen MR) is 111 cm³/mol. The Morgan fingerprint density at radius 3 is 2.43 bits per heavy atom. The average Bonchev–Trinajstić information content (AvgIpc) is 3.05. The maximum Gasteiger partial charge on any atom is 0.244 e. The van der Waals surface area contributed by atoms with Gasteiger partial charge in [0.15, 0.2) is 0 Å².